The van der Waals surface area contributed by atoms with E-state index in [-0.39, 0.29) is 84.5 Å². The average Bonchev–Trinajstić information content (AvgIpc) is 3.63. The number of fused-ring (bicyclic) bond motifs is 2. The Morgan fingerprint density at radius 3 is 2.43 bits per heavy atom. The first-order chi connectivity index (χ1) is 23.4. The molecule has 2 heterocycles. The molecule has 2 N–H and O–H groups in total. The molecule has 1 spiro atoms. The van der Waals surface area contributed by atoms with Gasteiger partial charge in [-0.2, -0.15) is 0 Å². The van der Waals surface area contributed by atoms with Crippen molar-refractivity contribution in [2.45, 2.75) is 87.6 Å². The largest absolute Gasteiger partial charge is 0.461 e. The van der Waals surface area contributed by atoms with Crippen LogP contribution in [0.1, 0.15) is 56.3 Å². The second-order valence-electron chi connectivity index (χ2n) is 16.0. The van der Waals surface area contributed by atoms with E-state index in [1.54, 1.807) is 59.6 Å². The number of carbonyl (C=O) groups is 3. The Morgan fingerprint density at radius 1 is 1.04 bits per heavy atom. The topological polar surface area (TPSA) is 144 Å². The Labute approximate surface area is 287 Å². The first-order valence-corrected chi connectivity index (χ1v) is 17.9. The molecule has 8 rings (SSSR count). The molecule has 1 aromatic rings. The maximum absolute atomic E-state index is 14.1. The molecule has 0 aromatic heterocycles. The molecule has 12 heteroatoms. The predicted octanol–water partition coefficient (Wildman–Crippen LogP) is 2.04. The molecule has 5 saturated carbocycles. The van der Waals surface area contributed by atoms with Gasteiger partial charge in [0.25, 0.3) is 0 Å². The summed E-state index contributed by atoms with van der Waals surface area (Å²) in [6.07, 6.45) is 0.813. The van der Waals surface area contributed by atoms with Crippen LogP contribution in [0.3, 0.4) is 0 Å². The molecular weight excluding hydrogens is 632 g/mol. The van der Waals surface area contributed by atoms with Crippen LogP contribution in [0.5, 0.6) is 0 Å². The summed E-state index contributed by atoms with van der Waals surface area (Å²) in [5.74, 6) is -2.47. The normalized spacial score (nSPS) is 48.0. The summed E-state index contributed by atoms with van der Waals surface area (Å²) >= 11 is 0. The number of ether oxygens (including phenoxy) is 5. The van der Waals surface area contributed by atoms with Crippen LogP contribution in [0.15, 0.2) is 24.3 Å². The van der Waals surface area contributed by atoms with Crippen molar-refractivity contribution in [2.24, 2.45) is 40.4 Å². The number of anilines is 1. The molecule has 4 unspecified atom stereocenters. The van der Waals surface area contributed by atoms with Crippen molar-refractivity contribution in [1.82, 2.24) is 4.90 Å². The highest BCUT2D eigenvalue weighted by molar-refractivity contribution is 6.22. The summed E-state index contributed by atoms with van der Waals surface area (Å²) in [5.41, 5.74) is -4.17. The molecule has 49 heavy (non-hydrogen) atoms. The van der Waals surface area contributed by atoms with Gasteiger partial charge >= 0.3 is 5.97 Å². The number of aliphatic hydroxyl groups is 2. The Bertz CT molecular complexity index is 1560. The summed E-state index contributed by atoms with van der Waals surface area (Å²) in [4.78, 5) is 43.3. The predicted molar refractivity (Wildman–Crippen MR) is 174 cm³/mol. The Morgan fingerprint density at radius 2 is 1.80 bits per heavy atom. The van der Waals surface area contributed by atoms with Gasteiger partial charge in [-0.1, -0.05) is 26.0 Å². The highest BCUT2D eigenvalue weighted by atomic mass is 16.5. The Kier molecular flexibility index (Phi) is 7.75. The van der Waals surface area contributed by atoms with Crippen LogP contribution in [-0.4, -0.2) is 123 Å². The number of hydrogen-bond donors (Lipinski definition) is 2. The van der Waals surface area contributed by atoms with E-state index in [1.807, 2.05) is 0 Å². The second kappa shape index (κ2) is 11.3. The van der Waals surface area contributed by atoms with Crippen molar-refractivity contribution in [2.75, 3.05) is 53.0 Å². The number of hydrogen-bond acceptors (Lipinski definition) is 11. The molecular formula is C37H50N2O10. The highest BCUT2D eigenvalue weighted by Crippen LogP contribution is 2.80. The maximum Gasteiger partial charge on any atom is 0.340 e. The molecule has 5 aliphatic carbocycles. The molecule has 7 aliphatic rings. The maximum atomic E-state index is 14.1. The zero-order valence-corrected chi connectivity index (χ0v) is 29.3. The number of rotatable bonds is 9. The standard InChI is InChI=1S/C37H50N2O10/c1-7-38-17-34(18-49-32(42)20-10-8-9-11-23(20)39-26(40)14-19(2)31(39)41)13-12-25(46-4)36-22-15-21-24(45-3)16-35(43,27(22)28(21)47-5)37(44,33(36)38)30(48-6)29(34)36/h8-11,19,21-22,24-25,27-30,33,43-44H,7,12-18H2,1-6H3/t19?,21-,22?,24+,25+,27?,28+,29?,30+,33+,34+,35-,36+,37+/m1/s1. The van der Waals surface area contributed by atoms with E-state index in [0.717, 1.165) is 11.3 Å². The van der Waals surface area contributed by atoms with Gasteiger partial charge in [0.1, 0.15) is 11.2 Å². The smallest absolute Gasteiger partial charge is 0.340 e. The first kappa shape index (κ1) is 33.7. The third kappa shape index (κ3) is 3.86. The fourth-order valence-electron chi connectivity index (χ4n) is 13.2. The lowest BCUT2D eigenvalue weighted by molar-refractivity contribution is -0.320. The van der Waals surface area contributed by atoms with Gasteiger partial charge in [0.15, 0.2) is 0 Å². The minimum absolute atomic E-state index is 0.0358. The molecule has 2 saturated heterocycles. The van der Waals surface area contributed by atoms with Crippen molar-refractivity contribution < 1.29 is 48.3 Å². The minimum Gasteiger partial charge on any atom is -0.461 e. The quantitative estimate of drug-likeness (QED) is 0.292. The van der Waals surface area contributed by atoms with Gasteiger partial charge in [-0.15, -0.1) is 0 Å². The number of benzene rings is 1. The summed E-state index contributed by atoms with van der Waals surface area (Å²) in [6.45, 7) is 4.95. The van der Waals surface area contributed by atoms with Gasteiger partial charge in [-0.3, -0.25) is 14.5 Å². The Hall–Kier alpha value is -2.45. The van der Waals surface area contributed by atoms with E-state index in [4.69, 9.17) is 23.7 Å². The number of esters is 1. The number of nitrogens with zero attached hydrogens (tertiary/aromatic N) is 2. The highest BCUT2D eigenvalue weighted by Gasteiger charge is 2.91. The van der Waals surface area contributed by atoms with E-state index < -0.39 is 46.1 Å². The zero-order chi connectivity index (χ0) is 34.8. The van der Waals surface area contributed by atoms with E-state index in [0.29, 0.717) is 25.9 Å². The summed E-state index contributed by atoms with van der Waals surface area (Å²) in [7, 11) is 6.70. The number of amides is 2. The van der Waals surface area contributed by atoms with Gasteiger partial charge in [0.2, 0.25) is 11.8 Å². The number of para-hydroxylation sites is 1. The lowest BCUT2D eigenvalue weighted by atomic mass is 9.42. The minimum atomic E-state index is -1.70. The molecule has 14 atom stereocenters. The van der Waals surface area contributed by atoms with E-state index >= 15 is 0 Å². The van der Waals surface area contributed by atoms with Gasteiger partial charge in [-0.05, 0) is 43.9 Å². The fourth-order valence-corrected chi connectivity index (χ4v) is 13.2. The van der Waals surface area contributed by atoms with Crippen LogP contribution in [0.2, 0.25) is 0 Å². The van der Waals surface area contributed by atoms with Gasteiger partial charge in [0, 0.05) is 82.3 Å². The SMILES string of the molecule is CCN1C[C@]2(COC(=O)c3ccccc3N3C(=O)CC(C)C3=O)CC[C@H](OC)[C@@]34C5C[C@@H]6[C@@H](OC)C[C@@](O)(C5[C@H]6OC)[C@](O)([C@@H](OC)C23)[C@@H]14. The Balaban J connectivity index is 1.23. The number of carbonyl (C=O) groups excluding carboxylic acids is 3. The molecule has 7 bridgehead atoms. The van der Waals surface area contributed by atoms with Crippen LogP contribution >= 0.6 is 0 Å². The van der Waals surface area contributed by atoms with E-state index in [1.165, 1.54) is 0 Å². The molecule has 12 nitrogen and oxygen atoms in total. The van der Waals surface area contributed by atoms with Crippen molar-refractivity contribution >= 4 is 23.5 Å². The fraction of sp³-hybridized carbons (Fsp3) is 0.757. The van der Waals surface area contributed by atoms with Gasteiger partial charge < -0.3 is 33.9 Å². The van der Waals surface area contributed by atoms with Crippen molar-refractivity contribution in [1.29, 1.82) is 0 Å². The number of likely N-dealkylation sites (tertiary alicyclic amines) is 1. The van der Waals surface area contributed by atoms with Crippen molar-refractivity contribution in [3.8, 4) is 0 Å². The van der Waals surface area contributed by atoms with Crippen LogP contribution < -0.4 is 4.90 Å². The first-order valence-electron chi connectivity index (χ1n) is 17.9. The summed E-state index contributed by atoms with van der Waals surface area (Å²) in [6, 6.07) is 6.12. The third-order valence-corrected chi connectivity index (χ3v) is 14.5. The molecule has 2 amide bonds. The van der Waals surface area contributed by atoms with Crippen molar-refractivity contribution in [3.05, 3.63) is 29.8 Å². The van der Waals surface area contributed by atoms with Crippen LogP contribution in [0.25, 0.3) is 0 Å². The number of piperidine rings is 1. The molecule has 2 aliphatic heterocycles. The van der Waals surface area contributed by atoms with Crippen LogP contribution in [0.4, 0.5) is 5.69 Å². The number of methoxy groups -OCH3 is 4. The molecule has 7 fully saturated rings. The zero-order valence-electron chi connectivity index (χ0n) is 29.3. The van der Waals surface area contributed by atoms with Crippen LogP contribution in [-0.2, 0) is 33.3 Å². The molecule has 1 aromatic carbocycles. The number of likely N-dealkylation sites (N-methyl/N-ethyl adjacent to an activating group) is 1. The second-order valence-corrected chi connectivity index (χ2v) is 16.0. The van der Waals surface area contributed by atoms with Crippen LogP contribution in [0, 0.1) is 40.4 Å². The van der Waals surface area contributed by atoms with Crippen molar-refractivity contribution in [3.63, 3.8) is 0 Å². The number of imide groups is 1. The summed E-state index contributed by atoms with van der Waals surface area (Å²) in [5, 5.41) is 26.6. The third-order valence-electron chi connectivity index (χ3n) is 14.5. The lowest BCUT2D eigenvalue weighted by Crippen LogP contribution is -2.82. The monoisotopic (exact) mass is 682 g/mol. The van der Waals surface area contributed by atoms with Gasteiger partial charge in [-0.25, -0.2) is 9.69 Å². The summed E-state index contributed by atoms with van der Waals surface area (Å²) < 4.78 is 31.4. The molecule has 268 valence electrons. The van der Waals surface area contributed by atoms with Gasteiger partial charge in [0.05, 0.1) is 48.3 Å². The molecule has 0 radical (unpaired) electrons. The lowest BCUT2D eigenvalue weighted by Gasteiger charge is -2.70. The average molecular weight is 683 g/mol. The van der Waals surface area contributed by atoms with E-state index in [9.17, 15) is 24.6 Å². The van der Waals surface area contributed by atoms with E-state index in [2.05, 4.69) is 11.8 Å².